The molecular formula is C20H23FN2O4S. The first kappa shape index (κ1) is 20.3. The molecule has 2 aromatic carbocycles. The van der Waals surface area contributed by atoms with Gasteiger partial charge in [-0.3, -0.25) is 4.79 Å². The molecule has 0 spiro atoms. The first-order valence-corrected chi connectivity index (χ1v) is 10.6. The van der Waals surface area contributed by atoms with Gasteiger partial charge in [-0.15, -0.1) is 0 Å². The molecule has 0 saturated carbocycles. The van der Waals surface area contributed by atoms with Crippen LogP contribution < -0.4 is 10.1 Å². The van der Waals surface area contributed by atoms with Crippen molar-refractivity contribution in [3.8, 4) is 5.75 Å². The number of sulfonamides is 1. The van der Waals surface area contributed by atoms with Gasteiger partial charge >= 0.3 is 0 Å². The summed E-state index contributed by atoms with van der Waals surface area (Å²) in [5, 5.41) is 2.87. The largest absolute Gasteiger partial charge is 0.492 e. The van der Waals surface area contributed by atoms with Crippen LogP contribution in [0.5, 0.6) is 5.75 Å². The number of benzene rings is 2. The monoisotopic (exact) mass is 406 g/mol. The van der Waals surface area contributed by atoms with Gasteiger partial charge in [-0.2, -0.15) is 4.31 Å². The molecule has 1 fully saturated rings. The summed E-state index contributed by atoms with van der Waals surface area (Å²) in [6.07, 6.45) is 0.743. The van der Waals surface area contributed by atoms with E-state index in [0.717, 1.165) is 6.07 Å². The number of rotatable bonds is 6. The molecule has 1 saturated heterocycles. The Morgan fingerprint density at radius 2 is 1.79 bits per heavy atom. The molecule has 0 aromatic heterocycles. The second-order valence-corrected chi connectivity index (χ2v) is 8.43. The van der Waals surface area contributed by atoms with Crippen LogP contribution in [0.3, 0.4) is 0 Å². The topological polar surface area (TPSA) is 75.7 Å². The molecule has 0 radical (unpaired) electrons. The summed E-state index contributed by atoms with van der Waals surface area (Å²) in [6, 6.07) is 12.5. The standard InChI is InChI=1S/C20H23FN2O4S/c1-2-27-18-9-5-4-8-17(18)22-20(24)15-11-13-23(14-12-15)28(25,26)19-10-6-3-7-16(19)21/h3-10,15H,2,11-14H2,1H3,(H,22,24). The van der Waals surface area contributed by atoms with Crippen LogP contribution in [-0.4, -0.2) is 38.3 Å². The molecule has 150 valence electrons. The summed E-state index contributed by atoms with van der Waals surface area (Å²) >= 11 is 0. The molecule has 1 amide bonds. The summed E-state index contributed by atoms with van der Waals surface area (Å²) in [7, 11) is -3.91. The predicted octanol–water partition coefficient (Wildman–Crippen LogP) is 3.26. The molecular weight excluding hydrogens is 383 g/mol. The Hall–Kier alpha value is -2.45. The zero-order valence-corrected chi connectivity index (χ0v) is 16.4. The second kappa shape index (κ2) is 8.70. The smallest absolute Gasteiger partial charge is 0.245 e. The van der Waals surface area contributed by atoms with Crippen molar-refractivity contribution in [2.45, 2.75) is 24.7 Å². The third kappa shape index (κ3) is 4.34. The van der Waals surface area contributed by atoms with E-state index in [4.69, 9.17) is 4.74 Å². The maximum atomic E-state index is 13.9. The van der Waals surface area contributed by atoms with Crippen molar-refractivity contribution in [1.82, 2.24) is 4.31 Å². The highest BCUT2D eigenvalue weighted by Gasteiger charge is 2.33. The van der Waals surface area contributed by atoms with E-state index < -0.39 is 15.8 Å². The van der Waals surface area contributed by atoms with Crippen LogP contribution in [0.1, 0.15) is 19.8 Å². The maximum absolute atomic E-state index is 13.9. The van der Waals surface area contributed by atoms with Gasteiger partial charge in [0.15, 0.2) is 0 Å². The molecule has 0 bridgehead atoms. The molecule has 1 N–H and O–H groups in total. The van der Waals surface area contributed by atoms with E-state index in [1.807, 2.05) is 19.1 Å². The Morgan fingerprint density at radius 3 is 2.46 bits per heavy atom. The predicted molar refractivity (Wildman–Crippen MR) is 104 cm³/mol. The van der Waals surface area contributed by atoms with E-state index >= 15 is 0 Å². The maximum Gasteiger partial charge on any atom is 0.245 e. The molecule has 0 atom stereocenters. The van der Waals surface area contributed by atoms with E-state index in [1.54, 1.807) is 12.1 Å². The van der Waals surface area contributed by atoms with E-state index in [-0.39, 0.29) is 29.8 Å². The Labute approximate surface area is 164 Å². The quantitative estimate of drug-likeness (QED) is 0.799. The van der Waals surface area contributed by atoms with Gasteiger partial charge in [0.05, 0.1) is 12.3 Å². The third-order valence-electron chi connectivity index (χ3n) is 4.72. The van der Waals surface area contributed by atoms with Crippen LogP contribution in [0.2, 0.25) is 0 Å². The zero-order chi connectivity index (χ0) is 20.1. The van der Waals surface area contributed by atoms with E-state index in [0.29, 0.717) is 30.9 Å². The van der Waals surface area contributed by atoms with Gasteiger partial charge in [-0.1, -0.05) is 24.3 Å². The minimum Gasteiger partial charge on any atom is -0.492 e. The number of amides is 1. The summed E-state index contributed by atoms with van der Waals surface area (Å²) in [5.74, 6) is -0.662. The van der Waals surface area contributed by atoms with Crippen molar-refractivity contribution in [3.05, 3.63) is 54.3 Å². The molecule has 1 aliphatic heterocycles. The van der Waals surface area contributed by atoms with Crippen LogP contribution >= 0.6 is 0 Å². The SMILES string of the molecule is CCOc1ccccc1NC(=O)C1CCN(S(=O)(=O)c2ccccc2F)CC1. The number of ether oxygens (including phenoxy) is 1. The van der Waals surface area contributed by atoms with Gasteiger partial charge in [0.2, 0.25) is 15.9 Å². The van der Waals surface area contributed by atoms with Gasteiger partial charge < -0.3 is 10.1 Å². The van der Waals surface area contributed by atoms with Gasteiger partial charge in [-0.25, -0.2) is 12.8 Å². The fraction of sp³-hybridized carbons (Fsp3) is 0.350. The molecule has 6 nitrogen and oxygen atoms in total. The Balaban J connectivity index is 1.64. The summed E-state index contributed by atoms with van der Waals surface area (Å²) in [6.45, 7) is 2.69. The minimum atomic E-state index is -3.91. The molecule has 28 heavy (non-hydrogen) atoms. The van der Waals surface area contributed by atoms with Gasteiger partial charge in [0.1, 0.15) is 16.5 Å². The fourth-order valence-electron chi connectivity index (χ4n) is 3.24. The highest BCUT2D eigenvalue weighted by Crippen LogP contribution is 2.28. The average molecular weight is 406 g/mol. The molecule has 1 heterocycles. The average Bonchev–Trinajstić information content (AvgIpc) is 2.70. The lowest BCUT2D eigenvalue weighted by atomic mass is 9.97. The molecule has 8 heteroatoms. The minimum absolute atomic E-state index is 0.169. The number of carbonyl (C=O) groups excluding carboxylic acids is 1. The number of hydrogen-bond donors (Lipinski definition) is 1. The van der Waals surface area contributed by atoms with Gasteiger partial charge in [-0.05, 0) is 44.0 Å². The van der Waals surface area contributed by atoms with Crippen LogP contribution in [0.25, 0.3) is 0 Å². The number of carbonyl (C=O) groups is 1. The lowest BCUT2D eigenvalue weighted by Crippen LogP contribution is -2.41. The summed E-state index contributed by atoms with van der Waals surface area (Å²) in [5.41, 5.74) is 0.593. The second-order valence-electron chi connectivity index (χ2n) is 6.53. The fourth-order valence-corrected chi connectivity index (χ4v) is 4.77. The van der Waals surface area contributed by atoms with Crippen molar-refractivity contribution in [3.63, 3.8) is 0 Å². The van der Waals surface area contributed by atoms with Crippen molar-refractivity contribution in [1.29, 1.82) is 0 Å². The third-order valence-corrected chi connectivity index (χ3v) is 6.66. The Morgan fingerprint density at radius 1 is 1.14 bits per heavy atom. The number of hydrogen-bond acceptors (Lipinski definition) is 4. The number of halogens is 1. The normalized spacial score (nSPS) is 15.9. The van der Waals surface area contributed by atoms with Crippen molar-refractivity contribution in [2.75, 3.05) is 25.0 Å². The van der Waals surface area contributed by atoms with Crippen molar-refractivity contribution >= 4 is 21.6 Å². The first-order valence-electron chi connectivity index (χ1n) is 9.21. The molecule has 2 aromatic rings. The Kier molecular flexibility index (Phi) is 6.31. The number of nitrogens with zero attached hydrogens (tertiary/aromatic N) is 1. The van der Waals surface area contributed by atoms with Crippen LogP contribution in [0.15, 0.2) is 53.4 Å². The van der Waals surface area contributed by atoms with Crippen molar-refractivity contribution in [2.24, 2.45) is 5.92 Å². The van der Waals surface area contributed by atoms with Gasteiger partial charge in [0.25, 0.3) is 0 Å². The first-order chi connectivity index (χ1) is 13.4. The van der Waals surface area contributed by atoms with E-state index in [1.165, 1.54) is 22.5 Å². The lowest BCUT2D eigenvalue weighted by molar-refractivity contribution is -0.120. The molecule has 1 aliphatic rings. The highest BCUT2D eigenvalue weighted by atomic mass is 32.2. The lowest BCUT2D eigenvalue weighted by Gasteiger charge is -2.30. The van der Waals surface area contributed by atoms with Crippen LogP contribution in [0, 0.1) is 11.7 Å². The zero-order valence-electron chi connectivity index (χ0n) is 15.6. The van der Waals surface area contributed by atoms with Crippen LogP contribution in [0.4, 0.5) is 10.1 Å². The van der Waals surface area contributed by atoms with E-state index in [2.05, 4.69) is 5.32 Å². The molecule has 0 unspecified atom stereocenters. The number of para-hydroxylation sites is 2. The molecule has 0 aliphatic carbocycles. The number of nitrogens with one attached hydrogen (secondary N) is 1. The van der Waals surface area contributed by atoms with Crippen LogP contribution in [-0.2, 0) is 14.8 Å². The summed E-state index contributed by atoms with van der Waals surface area (Å²) < 4.78 is 46.0. The highest BCUT2D eigenvalue weighted by molar-refractivity contribution is 7.89. The molecule has 3 rings (SSSR count). The summed E-state index contributed by atoms with van der Waals surface area (Å²) in [4.78, 5) is 12.3. The number of piperidine rings is 1. The van der Waals surface area contributed by atoms with Crippen molar-refractivity contribution < 1.29 is 22.3 Å². The van der Waals surface area contributed by atoms with E-state index in [9.17, 15) is 17.6 Å². The Bertz CT molecular complexity index is 941. The van der Waals surface area contributed by atoms with Gasteiger partial charge in [0, 0.05) is 19.0 Å². The number of anilines is 1.